The summed E-state index contributed by atoms with van der Waals surface area (Å²) in [5.41, 5.74) is 0.441. The summed E-state index contributed by atoms with van der Waals surface area (Å²) in [6.45, 7) is 1.15. The van der Waals surface area contributed by atoms with E-state index in [-0.39, 0.29) is 12.0 Å². The summed E-state index contributed by atoms with van der Waals surface area (Å²) in [5, 5.41) is 0.482. The Morgan fingerprint density at radius 3 is 2.36 bits per heavy atom. The van der Waals surface area contributed by atoms with Crippen molar-refractivity contribution in [3.63, 3.8) is 0 Å². The number of hydrogen-bond donors (Lipinski definition) is 0. The van der Waals surface area contributed by atoms with Crippen molar-refractivity contribution in [3.05, 3.63) is 41.2 Å². The van der Waals surface area contributed by atoms with E-state index in [2.05, 4.69) is 4.98 Å². The highest BCUT2D eigenvalue weighted by molar-refractivity contribution is 6.31. The number of likely N-dealkylation sites (tertiary alicyclic amines) is 1. The van der Waals surface area contributed by atoms with Crippen LogP contribution < -0.4 is 18.9 Å². The zero-order chi connectivity index (χ0) is 20.1. The molecule has 0 N–H and O–H groups in total. The molecule has 150 valence electrons. The van der Waals surface area contributed by atoms with Crippen molar-refractivity contribution in [2.45, 2.75) is 18.9 Å². The lowest BCUT2D eigenvalue weighted by Gasteiger charge is -2.32. The number of methoxy groups -OCH3 is 3. The number of ether oxygens (including phenoxy) is 4. The number of nitrogens with zero attached hydrogens (tertiary/aromatic N) is 2. The molecule has 0 radical (unpaired) electrons. The van der Waals surface area contributed by atoms with Crippen LogP contribution in [0.1, 0.15) is 23.2 Å². The van der Waals surface area contributed by atoms with Crippen LogP contribution in [0.5, 0.6) is 23.0 Å². The quantitative estimate of drug-likeness (QED) is 0.731. The van der Waals surface area contributed by atoms with E-state index in [9.17, 15) is 4.79 Å². The lowest BCUT2D eigenvalue weighted by atomic mass is 10.1. The highest BCUT2D eigenvalue weighted by Crippen LogP contribution is 2.40. The van der Waals surface area contributed by atoms with E-state index in [1.54, 1.807) is 42.6 Å². The zero-order valence-electron chi connectivity index (χ0n) is 16.1. The first-order chi connectivity index (χ1) is 13.6. The molecule has 0 atom stereocenters. The predicted molar refractivity (Wildman–Crippen MR) is 105 cm³/mol. The first-order valence-electron chi connectivity index (χ1n) is 8.93. The molecule has 3 rings (SSSR count). The summed E-state index contributed by atoms with van der Waals surface area (Å²) in [5.74, 6) is 1.79. The van der Waals surface area contributed by atoms with Crippen LogP contribution in [0.25, 0.3) is 0 Å². The molecule has 2 heterocycles. The van der Waals surface area contributed by atoms with Crippen LogP contribution in [0, 0.1) is 0 Å². The van der Waals surface area contributed by atoms with Crippen LogP contribution in [0.15, 0.2) is 30.6 Å². The van der Waals surface area contributed by atoms with Crippen LogP contribution >= 0.6 is 11.6 Å². The van der Waals surface area contributed by atoms with Gasteiger partial charge in [0.1, 0.15) is 16.9 Å². The average Bonchev–Trinajstić information content (AvgIpc) is 2.74. The molecular weight excluding hydrogens is 384 g/mol. The molecule has 0 bridgehead atoms. The fourth-order valence-electron chi connectivity index (χ4n) is 3.25. The molecule has 0 spiro atoms. The molecule has 8 heteroatoms. The molecule has 1 saturated heterocycles. The molecule has 1 aliphatic rings. The highest BCUT2D eigenvalue weighted by Gasteiger charge is 2.28. The molecule has 28 heavy (non-hydrogen) atoms. The van der Waals surface area contributed by atoms with Crippen LogP contribution in [0.3, 0.4) is 0 Å². The standard InChI is InChI=1S/C20H23ClN2O5/c1-25-17-5-4-14(18(26-2)19(17)27-3)20(24)23-10-7-13(8-11-23)28-16-6-9-22-12-15(16)21/h4-6,9,12-13H,7-8,10-11H2,1-3H3. The van der Waals surface area contributed by atoms with Crippen molar-refractivity contribution in [1.29, 1.82) is 0 Å². The third-order valence-corrected chi connectivity index (χ3v) is 4.98. The van der Waals surface area contributed by atoms with Gasteiger partial charge in [-0.2, -0.15) is 0 Å². The molecule has 1 aliphatic heterocycles. The number of aromatic nitrogens is 1. The summed E-state index contributed by atoms with van der Waals surface area (Å²) in [6, 6.07) is 5.14. The van der Waals surface area contributed by atoms with Gasteiger partial charge in [0.2, 0.25) is 5.75 Å². The molecule has 1 aromatic heterocycles. The number of amides is 1. The van der Waals surface area contributed by atoms with Crippen molar-refractivity contribution in [3.8, 4) is 23.0 Å². The minimum Gasteiger partial charge on any atom is -0.493 e. The smallest absolute Gasteiger partial charge is 0.257 e. The molecule has 1 amide bonds. The maximum Gasteiger partial charge on any atom is 0.257 e. The van der Waals surface area contributed by atoms with Gasteiger partial charge in [-0.15, -0.1) is 0 Å². The third-order valence-electron chi connectivity index (χ3n) is 4.69. The Bertz CT molecular complexity index is 837. The number of benzene rings is 1. The Hall–Kier alpha value is -2.67. The Balaban J connectivity index is 1.69. The summed E-state index contributed by atoms with van der Waals surface area (Å²) >= 11 is 6.10. The van der Waals surface area contributed by atoms with Gasteiger partial charge in [-0.1, -0.05) is 11.6 Å². The van der Waals surface area contributed by atoms with E-state index >= 15 is 0 Å². The number of pyridine rings is 1. The number of carbonyl (C=O) groups is 1. The Labute approximate surface area is 169 Å². The van der Waals surface area contributed by atoms with Crippen LogP contribution in [0.2, 0.25) is 5.02 Å². The molecule has 1 aromatic carbocycles. The Morgan fingerprint density at radius 1 is 1.04 bits per heavy atom. The number of piperidine rings is 1. The summed E-state index contributed by atoms with van der Waals surface area (Å²) in [7, 11) is 4.56. The van der Waals surface area contributed by atoms with Crippen molar-refractivity contribution in [1.82, 2.24) is 9.88 Å². The van der Waals surface area contributed by atoms with Crippen molar-refractivity contribution in [2.75, 3.05) is 34.4 Å². The lowest BCUT2D eigenvalue weighted by molar-refractivity contribution is 0.0592. The largest absolute Gasteiger partial charge is 0.493 e. The maximum absolute atomic E-state index is 13.0. The monoisotopic (exact) mass is 406 g/mol. The molecule has 2 aromatic rings. The number of hydrogen-bond acceptors (Lipinski definition) is 6. The van der Waals surface area contributed by atoms with Gasteiger partial charge in [-0.25, -0.2) is 0 Å². The molecule has 7 nitrogen and oxygen atoms in total. The SMILES string of the molecule is COc1ccc(C(=O)N2CCC(Oc3ccncc3Cl)CC2)c(OC)c1OC. The predicted octanol–water partition coefficient (Wildman–Crippen LogP) is 3.44. The van der Waals surface area contributed by atoms with E-state index in [1.807, 2.05) is 0 Å². The zero-order valence-corrected chi connectivity index (χ0v) is 16.9. The van der Waals surface area contributed by atoms with Crippen LogP contribution in [-0.4, -0.2) is 56.3 Å². The average molecular weight is 407 g/mol. The molecular formula is C20H23ClN2O5. The van der Waals surface area contributed by atoms with Gasteiger partial charge in [0.15, 0.2) is 11.5 Å². The summed E-state index contributed by atoms with van der Waals surface area (Å²) in [4.78, 5) is 18.8. The summed E-state index contributed by atoms with van der Waals surface area (Å²) < 4.78 is 22.0. The van der Waals surface area contributed by atoms with E-state index in [4.69, 9.17) is 30.5 Å². The number of halogens is 1. The first kappa shape index (κ1) is 20.1. The topological polar surface area (TPSA) is 70.1 Å². The Kier molecular flexibility index (Phi) is 6.46. The second-order valence-electron chi connectivity index (χ2n) is 6.30. The summed E-state index contributed by atoms with van der Waals surface area (Å²) in [6.07, 6.45) is 4.61. The van der Waals surface area contributed by atoms with E-state index in [1.165, 1.54) is 14.2 Å². The minimum atomic E-state index is -0.113. The van der Waals surface area contributed by atoms with Gasteiger partial charge in [-0.05, 0) is 12.1 Å². The van der Waals surface area contributed by atoms with E-state index in [0.29, 0.717) is 59.5 Å². The van der Waals surface area contributed by atoms with Crippen LogP contribution in [-0.2, 0) is 0 Å². The molecule has 0 unspecified atom stereocenters. The minimum absolute atomic E-state index is 0.00347. The van der Waals surface area contributed by atoms with Crippen molar-refractivity contribution >= 4 is 17.5 Å². The second-order valence-corrected chi connectivity index (χ2v) is 6.70. The van der Waals surface area contributed by atoms with Crippen molar-refractivity contribution < 1.29 is 23.7 Å². The van der Waals surface area contributed by atoms with E-state index in [0.717, 1.165) is 0 Å². The van der Waals surface area contributed by atoms with Gasteiger partial charge >= 0.3 is 0 Å². The molecule has 0 saturated carbocycles. The number of carbonyl (C=O) groups excluding carboxylic acids is 1. The maximum atomic E-state index is 13.0. The van der Waals surface area contributed by atoms with Crippen molar-refractivity contribution in [2.24, 2.45) is 0 Å². The van der Waals surface area contributed by atoms with Gasteiger partial charge in [-0.3, -0.25) is 9.78 Å². The fraction of sp³-hybridized carbons (Fsp3) is 0.400. The van der Waals surface area contributed by atoms with Gasteiger partial charge in [0.25, 0.3) is 5.91 Å². The van der Waals surface area contributed by atoms with Crippen LogP contribution in [0.4, 0.5) is 0 Å². The third kappa shape index (κ3) is 4.09. The number of rotatable bonds is 6. The van der Waals surface area contributed by atoms with E-state index < -0.39 is 0 Å². The lowest BCUT2D eigenvalue weighted by Crippen LogP contribution is -2.42. The highest BCUT2D eigenvalue weighted by atomic mass is 35.5. The van der Waals surface area contributed by atoms with Gasteiger partial charge in [0, 0.05) is 44.4 Å². The molecule has 1 fully saturated rings. The molecule has 0 aliphatic carbocycles. The second kappa shape index (κ2) is 9.01. The normalized spacial score (nSPS) is 14.5. The van der Waals surface area contributed by atoms with Gasteiger partial charge < -0.3 is 23.8 Å². The fourth-order valence-corrected chi connectivity index (χ4v) is 3.42. The van der Waals surface area contributed by atoms with Gasteiger partial charge in [0.05, 0.1) is 26.9 Å². The Morgan fingerprint density at radius 2 is 1.75 bits per heavy atom. The first-order valence-corrected chi connectivity index (χ1v) is 9.31.